The van der Waals surface area contributed by atoms with Gasteiger partial charge in [0.15, 0.2) is 0 Å². The average Bonchev–Trinajstić information content (AvgIpc) is 2.44. The minimum absolute atomic E-state index is 0.153. The fraction of sp³-hybridized carbons (Fsp3) is 0.867. The van der Waals surface area contributed by atoms with Crippen molar-refractivity contribution in [2.45, 2.75) is 70.9 Å². The fourth-order valence-corrected chi connectivity index (χ4v) is 3.22. The van der Waals surface area contributed by atoms with E-state index < -0.39 is 0 Å². The molecule has 0 saturated carbocycles. The van der Waals surface area contributed by atoms with Crippen LogP contribution in [0.3, 0.4) is 0 Å². The Balaban J connectivity index is 1.98. The van der Waals surface area contributed by atoms with Gasteiger partial charge in [-0.2, -0.15) is 0 Å². The van der Waals surface area contributed by atoms with E-state index >= 15 is 0 Å². The topological polar surface area (TPSA) is 40.6 Å². The molecule has 0 aliphatic carbocycles. The Morgan fingerprint density at radius 1 is 1.11 bits per heavy atom. The van der Waals surface area contributed by atoms with E-state index in [1.807, 2.05) is 16.7 Å². The van der Waals surface area contributed by atoms with E-state index in [4.69, 9.17) is 0 Å². The highest BCUT2D eigenvalue weighted by molar-refractivity contribution is 5.96. The second kappa shape index (κ2) is 6.40. The first kappa shape index (κ1) is 14.4. The number of hydrogen-bond acceptors (Lipinski definition) is 2. The van der Waals surface area contributed by atoms with Gasteiger partial charge < -0.3 is 9.80 Å². The normalized spacial score (nSPS) is 27.7. The summed E-state index contributed by atoms with van der Waals surface area (Å²) in [6, 6.07) is -0.424. The summed E-state index contributed by atoms with van der Waals surface area (Å²) >= 11 is 0. The third-order valence-corrected chi connectivity index (χ3v) is 4.43. The Labute approximate surface area is 116 Å². The maximum atomic E-state index is 12.5. The van der Waals surface area contributed by atoms with Gasteiger partial charge in [-0.25, -0.2) is 0 Å². The summed E-state index contributed by atoms with van der Waals surface area (Å²) in [4.78, 5) is 28.5. The highest BCUT2D eigenvalue weighted by atomic mass is 16.2. The smallest absolute Gasteiger partial charge is 0.246 e. The third-order valence-electron chi connectivity index (χ3n) is 4.43. The molecular formula is C15H26N2O2. The first-order chi connectivity index (χ1) is 9.16. The SMILES string of the molecule is CCCCCCN1C(=O)C2CCCCN2C(=O)C1C. The summed E-state index contributed by atoms with van der Waals surface area (Å²) < 4.78 is 0. The Bertz CT molecular complexity index is 343. The highest BCUT2D eigenvalue weighted by Crippen LogP contribution is 2.26. The lowest BCUT2D eigenvalue weighted by Gasteiger charge is -2.46. The van der Waals surface area contributed by atoms with Crippen LogP contribution >= 0.6 is 0 Å². The molecule has 4 nitrogen and oxygen atoms in total. The van der Waals surface area contributed by atoms with Gasteiger partial charge in [0.2, 0.25) is 11.8 Å². The zero-order valence-electron chi connectivity index (χ0n) is 12.2. The van der Waals surface area contributed by atoms with Gasteiger partial charge in [-0.15, -0.1) is 0 Å². The van der Waals surface area contributed by atoms with E-state index in [0.29, 0.717) is 0 Å². The number of fused-ring (bicyclic) bond motifs is 1. The van der Waals surface area contributed by atoms with Gasteiger partial charge in [0.05, 0.1) is 0 Å². The van der Waals surface area contributed by atoms with Crippen LogP contribution < -0.4 is 0 Å². The summed E-state index contributed by atoms with van der Waals surface area (Å²) in [5, 5.41) is 0. The zero-order valence-corrected chi connectivity index (χ0v) is 12.2. The van der Waals surface area contributed by atoms with Crippen LogP contribution in [0.25, 0.3) is 0 Å². The number of nitrogens with zero attached hydrogens (tertiary/aromatic N) is 2. The first-order valence-electron chi connectivity index (χ1n) is 7.77. The molecular weight excluding hydrogens is 240 g/mol. The van der Waals surface area contributed by atoms with E-state index in [1.165, 1.54) is 12.8 Å². The Hall–Kier alpha value is -1.06. The maximum absolute atomic E-state index is 12.5. The first-order valence-corrected chi connectivity index (χ1v) is 7.77. The minimum Gasteiger partial charge on any atom is -0.329 e. The lowest BCUT2D eigenvalue weighted by molar-refractivity contribution is -0.162. The summed E-state index contributed by atoms with van der Waals surface area (Å²) in [6.07, 6.45) is 7.53. The monoisotopic (exact) mass is 266 g/mol. The van der Waals surface area contributed by atoms with E-state index in [1.54, 1.807) is 0 Å². The van der Waals surface area contributed by atoms with E-state index in [2.05, 4.69) is 6.92 Å². The van der Waals surface area contributed by atoms with Gasteiger partial charge in [0, 0.05) is 13.1 Å². The number of carbonyl (C=O) groups is 2. The van der Waals surface area contributed by atoms with Crippen LogP contribution in [0.5, 0.6) is 0 Å². The molecule has 0 aromatic carbocycles. The van der Waals surface area contributed by atoms with Crippen molar-refractivity contribution in [3.8, 4) is 0 Å². The Morgan fingerprint density at radius 2 is 1.89 bits per heavy atom. The number of piperidine rings is 1. The van der Waals surface area contributed by atoms with Crippen LogP contribution in [0.2, 0.25) is 0 Å². The van der Waals surface area contributed by atoms with E-state index in [-0.39, 0.29) is 23.9 Å². The number of carbonyl (C=O) groups excluding carboxylic acids is 2. The van der Waals surface area contributed by atoms with Gasteiger partial charge in [0.25, 0.3) is 0 Å². The van der Waals surface area contributed by atoms with Crippen LogP contribution in [0, 0.1) is 0 Å². The Morgan fingerprint density at radius 3 is 2.63 bits per heavy atom. The molecule has 2 aliphatic rings. The fourth-order valence-electron chi connectivity index (χ4n) is 3.22. The predicted octanol–water partition coefficient (Wildman–Crippen LogP) is 2.18. The van der Waals surface area contributed by atoms with Crippen molar-refractivity contribution >= 4 is 11.8 Å². The van der Waals surface area contributed by atoms with Gasteiger partial charge in [-0.1, -0.05) is 26.2 Å². The molecule has 0 bridgehead atoms. The lowest BCUT2D eigenvalue weighted by Crippen LogP contribution is -2.65. The molecule has 2 aliphatic heterocycles. The summed E-state index contributed by atoms with van der Waals surface area (Å²) in [5.41, 5.74) is 0. The molecule has 2 saturated heterocycles. The van der Waals surface area contributed by atoms with Crippen LogP contribution in [-0.4, -0.2) is 46.8 Å². The quantitative estimate of drug-likeness (QED) is 0.716. The zero-order chi connectivity index (χ0) is 13.8. The van der Waals surface area contributed by atoms with Crippen molar-refractivity contribution in [2.75, 3.05) is 13.1 Å². The average molecular weight is 266 g/mol. The van der Waals surface area contributed by atoms with Gasteiger partial charge in [0.1, 0.15) is 12.1 Å². The molecule has 2 rings (SSSR count). The molecule has 2 unspecified atom stereocenters. The predicted molar refractivity (Wildman–Crippen MR) is 74.7 cm³/mol. The number of amides is 2. The van der Waals surface area contributed by atoms with Crippen molar-refractivity contribution in [1.82, 2.24) is 9.80 Å². The van der Waals surface area contributed by atoms with Crippen molar-refractivity contribution in [1.29, 1.82) is 0 Å². The molecule has 2 amide bonds. The van der Waals surface area contributed by atoms with Crippen LogP contribution in [-0.2, 0) is 9.59 Å². The van der Waals surface area contributed by atoms with Crippen LogP contribution in [0.15, 0.2) is 0 Å². The van der Waals surface area contributed by atoms with Gasteiger partial charge in [-0.05, 0) is 32.6 Å². The Kier molecular flexibility index (Phi) is 4.83. The lowest BCUT2D eigenvalue weighted by atomic mass is 9.95. The second-order valence-corrected chi connectivity index (χ2v) is 5.81. The van der Waals surface area contributed by atoms with Crippen molar-refractivity contribution in [3.05, 3.63) is 0 Å². The molecule has 2 heterocycles. The highest BCUT2D eigenvalue weighted by Gasteiger charge is 2.44. The number of rotatable bonds is 5. The molecule has 19 heavy (non-hydrogen) atoms. The van der Waals surface area contributed by atoms with E-state index in [9.17, 15) is 9.59 Å². The van der Waals surface area contributed by atoms with E-state index in [0.717, 1.165) is 45.2 Å². The summed E-state index contributed by atoms with van der Waals surface area (Å²) in [7, 11) is 0. The summed E-state index contributed by atoms with van der Waals surface area (Å²) in [5.74, 6) is 0.336. The van der Waals surface area contributed by atoms with Crippen molar-refractivity contribution < 1.29 is 9.59 Å². The van der Waals surface area contributed by atoms with Crippen LogP contribution in [0.1, 0.15) is 58.8 Å². The molecule has 2 fully saturated rings. The van der Waals surface area contributed by atoms with Crippen molar-refractivity contribution in [2.24, 2.45) is 0 Å². The maximum Gasteiger partial charge on any atom is 0.246 e. The second-order valence-electron chi connectivity index (χ2n) is 5.81. The number of piperazine rings is 1. The van der Waals surface area contributed by atoms with Gasteiger partial charge >= 0.3 is 0 Å². The molecule has 108 valence electrons. The largest absolute Gasteiger partial charge is 0.329 e. The number of unbranched alkanes of at least 4 members (excludes halogenated alkanes) is 3. The standard InChI is InChI=1S/C15H26N2O2/c1-3-4-5-7-10-16-12(2)14(18)17-11-8-6-9-13(17)15(16)19/h12-13H,3-11H2,1-2H3. The third kappa shape index (κ3) is 2.93. The molecule has 4 heteroatoms. The van der Waals surface area contributed by atoms with Crippen molar-refractivity contribution in [3.63, 3.8) is 0 Å². The molecule has 0 aromatic heterocycles. The summed E-state index contributed by atoms with van der Waals surface area (Å²) in [6.45, 7) is 5.57. The van der Waals surface area contributed by atoms with Crippen LogP contribution in [0.4, 0.5) is 0 Å². The minimum atomic E-state index is -0.261. The molecule has 0 aromatic rings. The molecule has 2 atom stereocenters. The molecule has 0 spiro atoms. The van der Waals surface area contributed by atoms with Gasteiger partial charge in [-0.3, -0.25) is 9.59 Å². The molecule has 0 N–H and O–H groups in total. The number of hydrogen-bond donors (Lipinski definition) is 0. The molecule has 0 radical (unpaired) electrons.